The van der Waals surface area contributed by atoms with Crippen LogP contribution in [0.25, 0.3) is 0 Å². The summed E-state index contributed by atoms with van der Waals surface area (Å²) in [7, 11) is 3.37. The fourth-order valence-corrected chi connectivity index (χ4v) is 7.64. The van der Waals surface area contributed by atoms with E-state index in [1.807, 2.05) is 12.1 Å². The topological polar surface area (TPSA) is 60.5 Å². The molecule has 2 heterocycles. The molecule has 0 spiro atoms. The zero-order valence-electron chi connectivity index (χ0n) is 23.6. The van der Waals surface area contributed by atoms with Gasteiger partial charge in [0.2, 0.25) is 0 Å². The maximum absolute atomic E-state index is 13.3. The van der Waals surface area contributed by atoms with Gasteiger partial charge in [-0.3, -0.25) is 14.6 Å². The van der Waals surface area contributed by atoms with Gasteiger partial charge in [-0.1, -0.05) is 31.2 Å². The number of carbonyl (C=O) groups is 1. The molecule has 2 saturated heterocycles. The average Bonchev–Trinajstić information content (AvgIpc) is 3.20. The monoisotopic (exact) mass is 526 g/mol. The van der Waals surface area contributed by atoms with Crippen LogP contribution < -0.4 is 9.47 Å². The third-order valence-electron chi connectivity index (χ3n) is 9.71. The fraction of sp³-hybridized carbons (Fsp3) is 0.710. The first-order valence-corrected chi connectivity index (χ1v) is 14.5. The van der Waals surface area contributed by atoms with E-state index in [0.29, 0.717) is 19.0 Å². The van der Waals surface area contributed by atoms with Crippen molar-refractivity contribution in [1.29, 1.82) is 0 Å². The van der Waals surface area contributed by atoms with Crippen LogP contribution in [0.2, 0.25) is 0 Å². The lowest BCUT2D eigenvalue weighted by molar-refractivity contribution is -0.146. The van der Waals surface area contributed by atoms with Crippen LogP contribution in [-0.4, -0.2) is 82.0 Å². The zero-order chi connectivity index (χ0) is 26.7. The Balaban J connectivity index is 1.32. The molecule has 0 aromatic heterocycles. The second kappa shape index (κ2) is 12.0. The van der Waals surface area contributed by atoms with Crippen LogP contribution in [0.15, 0.2) is 30.4 Å². The third kappa shape index (κ3) is 5.75. The Morgan fingerprint density at radius 1 is 1.21 bits per heavy atom. The first kappa shape index (κ1) is 27.5. The van der Waals surface area contributed by atoms with E-state index in [1.165, 1.54) is 18.4 Å². The molecule has 1 aromatic rings. The Labute approximate surface area is 228 Å². The molecule has 5 rings (SSSR count). The van der Waals surface area contributed by atoms with Crippen molar-refractivity contribution in [3.63, 3.8) is 0 Å². The lowest BCUT2D eigenvalue weighted by atomic mass is 9.55. The predicted molar refractivity (Wildman–Crippen MR) is 147 cm³/mol. The van der Waals surface area contributed by atoms with Gasteiger partial charge in [-0.25, -0.2) is 0 Å². The molecular formula is C31H46N2O5. The van der Waals surface area contributed by atoms with Crippen molar-refractivity contribution in [3.8, 4) is 11.5 Å². The van der Waals surface area contributed by atoms with Gasteiger partial charge < -0.3 is 18.9 Å². The van der Waals surface area contributed by atoms with Crippen molar-refractivity contribution in [2.45, 2.75) is 58.1 Å². The van der Waals surface area contributed by atoms with Crippen LogP contribution in [0.5, 0.6) is 11.5 Å². The fourth-order valence-electron chi connectivity index (χ4n) is 7.64. The molecule has 7 nitrogen and oxygen atoms in total. The van der Waals surface area contributed by atoms with Gasteiger partial charge in [0.1, 0.15) is 6.10 Å². The van der Waals surface area contributed by atoms with Crippen LogP contribution >= 0.6 is 0 Å². The highest BCUT2D eigenvalue weighted by atomic mass is 16.6. The summed E-state index contributed by atoms with van der Waals surface area (Å²) in [6.07, 6.45) is 6.64. The molecule has 210 valence electrons. The van der Waals surface area contributed by atoms with Crippen LogP contribution in [0, 0.1) is 23.2 Å². The van der Waals surface area contributed by atoms with E-state index in [2.05, 4.69) is 29.4 Å². The number of morpholine rings is 1. The molecule has 7 heteroatoms. The number of ether oxygens (including phenoxy) is 4. The lowest BCUT2D eigenvalue weighted by Gasteiger charge is -2.50. The summed E-state index contributed by atoms with van der Waals surface area (Å²) >= 11 is 0. The van der Waals surface area contributed by atoms with Crippen LogP contribution in [0.3, 0.4) is 0 Å². The second-order valence-electron chi connectivity index (χ2n) is 12.1. The molecule has 2 aliphatic heterocycles. The zero-order valence-corrected chi connectivity index (χ0v) is 23.6. The summed E-state index contributed by atoms with van der Waals surface area (Å²) < 4.78 is 22.9. The number of benzene rings is 1. The summed E-state index contributed by atoms with van der Waals surface area (Å²) in [4.78, 5) is 18.2. The van der Waals surface area contributed by atoms with Crippen molar-refractivity contribution in [2.75, 3.05) is 60.2 Å². The largest absolute Gasteiger partial charge is 0.493 e. The van der Waals surface area contributed by atoms with Crippen molar-refractivity contribution in [2.24, 2.45) is 23.2 Å². The van der Waals surface area contributed by atoms with Crippen LogP contribution in [0.1, 0.15) is 51.0 Å². The van der Waals surface area contributed by atoms with Crippen molar-refractivity contribution < 1.29 is 23.7 Å². The van der Waals surface area contributed by atoms with Crippen molar-refractivity contribution in [3.05, 3.63) is 35.9 Å². The van der Waals surface area contributed by atoms with E-state index in [1.54, 1.807) is 14.2 Å². The van der Waals surface area contributed by atoms with Gasteiger partial charge in [0.15, 0.2) is 11.5 Å². The molecule has 38 heavy (non-hydrogen) atoms. The van der Waals surface area contributed by atoms with Crippen molar-refractivity contribution >= 4 is 5.97 Å². The van der Waals surface area contributed by atoms with Gasteiger partial charge in [0.05, 0.1) is 33.4 Å². The van der Waals surface area contributed by atoms with Gasteiger partial charge in [0, 0.05) is 37.7 Å². The van der Waals surface area contributed by atoms with Crippen LogP contribution in [0.4, 0.5) is 0 Å². The Morgan fingerprint density at radius 2 is 2.03 bits per heavy atom. The van der Waals surface area contributed by atoms with E-state index in [9.17, 15) is 4.79 Å². The third-order valence-corrected chi connectivity index (χ3v) is 9.71. The number of carbonyl (C=O) groups excluding carboxylic acids is 1. The number of esters is 1. The molecule has 4 aliphatic rings. The summed E-state index contributed by atoms with van der Waals surface area (Å²) in [5.41, 5.74) is 2.69. The maximum Gasteiger partial charge on any atom is 0.310 e. The molecule has 0 amide bonds. The Bertz CT molecular complexity index is 992. The highest BCUT2D eigenvalue weighted by molar-refractivity contribution is 5.75. The molecule has 2 saturated carbocycles. The van der Waals surface area contributed by atoms with Crippen molar-refractivity contribution in [1.82, 2.24) is 9.80 Å². The minimum absolute atomic E-state index is 0.0105. The molecule has 0 bridgehead atoms. The van der Waals surface area contributed by atoms with E-state index in [0.717, 1.165) is 82.1 Å². The summed E-state index contributed by atoms with van der Waals surface area (Å²) in [5.74, 6) is 2.17. The molecule has 2 aliphatic carbocycles. The van der Waals surface area contributed by atoms with Gasteiger partial charge >= 0.3 is 5.97 Å². The number of rotatable bonds is 10. The van der Waals surface area contributed by atoms with Gasteiger partial charge in [0.25, 0.3) is 0 Å². The number of fused-ring (bicyclic) bond motifs is 2. The predicted octanol–water partition coefficient (Wildman–Crippen LogP) is 4.54. The summed E-state index contributed by atoms with van der Waals surface area (Å²) in [6, 6.07) is 6.05. The molecule has 4 fully saturated rings. The highest BCUT2D eigenvalue weighted by Crippen LogP contribution is 2.57. The summed E-state index contributed by atoms with van der Waals surface area (Å²) in [5, 5.41) is 0. The Hall–Kier alpha value is -2.09. The number of hydrogen-bond acceptors (Lipinski definition) is 7. The van der Waals surface area contributed by atoms with Gasteiger partial charge in [-0.2, -0.15) is 0 Å². The standard InChI is InChI=1S/C31H46N2O5/c1-22-8-6-11-31(2)19-28-24(18-26(22)31)25(30(34)38-28)21-33(13-7-12-32-14-16-37-17-15-32)20-23-9-5-10-27(35-3)29(23)36-4/h5,9-10,24-26,28H,1,6-8,11-21H2,2-4H3/t24-,25+,26+,28+,31-/m0/s1. The van der Waals surface area contributed by atoms with E-state index >= 15 is 0 Å². The number of nitrogens with zero attached hydrogens (tertiary/aromatic N) is 2. The smallest absolute Gasteiger partial charge is 0.310 e. The van der Waals surface area contributed by atoms with E-state index < -0.39 is 0 Å². The molecule has 0 radical (unpaired) electrons. The molecular weight excluding hydrogens is 480 g/mol. The first-order valence-electron chi connectivity index (χ1n) is 14.5. The average molecular weight is 527 g/mol. The molecule has 0 N–H and O–H groups in total. The Kier molecular flexibility index (Phi) is 8.65. The lowest BCUT2D eigenvalue weighted by Crippen LogP contribution is -2.45. The number of hydrogen-bond donors (Lipinski definition) is 0. The molecule has 5 atom stereocenters. The number of methoxy groups -OCH3 is 2. The van der Waals surface area contributed by atoms with E-state index in [4.69, 9.17) is 18.9 Å². The first-order chi connectivity index (χ1) is 18.4. The molecule has 0 unspecified atom stereocenters. The highest BCUT2D eigenvalue weighted by Gasteiger charge is 2.55. The van der Waals surface area contributed by atoms with Gasteiger partial charge in [-0.15, -0.1) is 0 Å². The summed E-state index contributed by atoms with van der Waals surface area (Å²) in [6.45, 7) is 13.8. The minimum atomic E-state index is -0.0979. The SMILES string of the molecule is C=C1CCC[C@@]2(C)C[C@H]3OC(=O)[C@H](CN(CCCN4CCOCC4)Cc4cccc(OC)c4OC)[C@@H]3C[C@H]12. The molecule has 1 aromatic carbocycles. The second-order valence-corrected chi connectivity index (χ2v) is 12.1. The quantitative estimate of drug-likeness (QED) is 0.328. The Morgan fingerprint density at radius 3 is 2.79 bits per heavy atom. The van der Waals surface area contributed by atoms with E-state index in [-0.39, 0.29) is 29.3 Å². The number of para-hydroxylation sites is 1. The normalized spacial score (nSPS) is 31.6. The van der Waals surface area contributed by atoms with Gasteiger partial charge in [-0.05, 0) is 69.0 Å². The maximum atomic E-state index is 13.3. The van der Waals surface area contributed by atoms with Crippen LogP contribution in [-0.2, 0) is 20.8 Å². The number of allylic oxidation sites excluding steroid dienone is 1. The minimum Gasteiger partial charge on any atom is -0.493 e.